The van der Waals surface area contributed by atoms with Gasteiger partial charge in [-0.05, 0) is 24.0 Å². The molecule has 1 saturated carbocycles. The highest BCUT2D eigenvalue weighted by molar-refractivity contribution is 8.01. The second-order valence-corrected chi connectivity index (χ2v) is 9.27. The van der Waals surface area contributed by atoms with Gasteiger partial charge in [-0.2, -0.15) is 0 Å². The molecule has 4 aliphatic rings. The van der Waals surface area contributed by atoms with Gasteiger partial charge in [0, 0.05) is 13.0 Å². The molecule has 9 heteroatoms. The van der Waals surface area contributed by atoms with Gasteiger partial charge in [-0.1, -0.05) is 30.3 Å². The number of rotatable bonds is 5. The Bertz CT molecular complexity index is 978. The summed E-state index contributed by atoms with van der Waals surface area (Å²) in [7, 11) is 0. The lowest BCUT2D eigenvalue weighted by Crippen LogP contribution is -2.73. The third-order valence-electron chi connectivity index (χ3n) is 6.23. The normalized spacial score (nSPS) is 29.7. The van der Waals surface area contributed by atoms with Crippen LogP contribution in [0.4, 0.5) is 0 Å². The largest absolute Gasteiger partial charge is 0.477 e. The molecular formula is C21H21N3O5S. The molecule has 8 nitrogen and oxygen atoms in total. The van der Waals surface area contributed by atoms with Crippen LogP contribution in [-0.4, -0.2) is 67.8 Å². The molecule has 3 aliphatic heterocycles. The fraction of sp³-hybridized carbons (Fsp3) is 0.429. The molecule has 1 aromatic carbocycles. The fourth-order valence-electron chi connectivity index (χ4n) is 4.74. The number of nitrogens with zero attached hydrogens (tertiary/aromatic N) is 2. The molecule has 2 N–H and O–H groups in total. The summed E-state index contributed by atoms with van der Waals surface area (Å²) in [5.41, 5.74) is 1.59. The second kappa shape index (κ2) is 7.16. The van der Waals surface area contributed by atoms with Crippen molar-refractivity contribution >= 4 is 35.5 Å². The van der Waals surface area contributed by atoms with Gasteiger partial charge in [0.15, 0.2) is 0 Å². The molecule has 156 valence electrons. The topological polar surface area (TPSA) is 107 Å². The van der Waals surface area contributed by atoms with Crippen LogP contribution in [0.25, 0.3) is 0 Å². The van der Waals surface area contributed by atoms with Gasteiger partial charge in [0.1, 0.15) is 17.1 Å². The Balaban J connectivity index is 1.33. The lowest BCUT2D eigenvalue weighted by molar-refractivity contribution is -0.151. The van der Waals surface area contributed by atoms with E-state index >= 15 is 0 Å². The first-order valence-electron chi connectivity index (χ1n) is 10.0. The van der Waals surface area contributed by atoms with Crippen molar-refractivity contribution < 1.29 is 24.3 Å². The highest BCUT2D eigenvalue weighted by atomic mass is 32.2. The molecule has 30 heavy (non-hydrogen) atoms. The number of aliphatic carboxylic acids is 1. The quantitative estimate of drug-likeness (QED) is 0.671. The van der Waals surface area contributed by atoms with E-state index in [0.29, 0.717) is 19.4 Å². The molecule has 3 amide bonds. The van der Waals surface area contributed by atoms with E-state index < -0.39 is 23.3 Å². The molecule has 0 radical (unpaired) electrons. The van der Waals surface area contributed by atoms with E-state index in [1.165, 1.54) is 16.7 Å². The Morgan fingerprint density at radius 2 is 1.97 bits per heavy atom. The number of carboxylic acid groups (broad SMARTS) is 1. The molecule has 3 fully saturated rings. The van der Waals surface area contributed by atoms with Crippen LogP contribution in [0.5, 0.6) is 0 Å². The smallest absolute Gasteiger partial charge is 0.352 e. The standard InChI is InChI=1S/C21H21N3O5S/c25-14(9-11-5-2-1-3-6-11)22-16-19(27)24-17(21(28)29)12-10-13(18(12)30-20(16)24)23-8-4-7-15(23)26/h1-3,5-6,13,16,18,20H,4,7-10H2,(H,22,25)(H,28,29)/t13-,16+,18+,20+/m0/s1. The van der Waals surface area contributed by atoms with Crippen LogP contribution < -0.4 is 5.32 Å². The fourth-order valence-corrected chi connectivity index (χ4v) is 6.51. The molecule has 3 heterocycles. The first-order valence-corrected chi connectivity index (χ1v) is 11.0. The highest BCUT2D eigenvalue weighted by Gasteiger charge is 2.60. The van der Waals surface area contributed by atoms with Crippen LogP contribution >= 0.6 is 11.8 Å². The first kappa shape index (κ1) is 19.2. The number of benzene rings is 1. The Morgan fingerprint density at radius 3 is 2.63 bits per heavy atom. The second-order valence-electron chi connectivity index (χ2n) is 8.00. The van der Waals surface area contributed by atoms with Crippen molar-refractivity contribution in [3.05, 3.63) is 47.2 Å². The predicted octanol–water partition coefficient (Wildman–Crippen LogP) is 0.731. The molecule has 0 bridgehead atoms. The maximum atomic E-state index is 12.7. The number of likely N-dealkylation sites (tertiary alicyclic amines) is 1. The van der Waals surface area contributed by atoms with Gasteiger partial charge in [0.25, 0.3) is 5.91 Å². The number of carboxylic acids is 1. The van der Waals surface area contributed by atoms with Crippen LogP contribution in [0.15, 0.2) is 41.6 Å². The Labute approximate surface area is 177 Å². The number of carbonyl (C=O) groups excluding carboxylic acids is 3. The number of amides is 3. The van der Waals surface area contributed by atoms with Crippen molar-refractivity contribution in [1.82, 2.24) is 15.1 Å². The molecule has 0 spiro atoms. The van der Waals surface area contributed by atoms with E-state index in [1.807, 2.05) is 35.2 Å². The van der Waals surface area contributed by atoms with Crippen LogP contribution in [-0.2, 0) is 25.6 Å². The van der Waals surface area contributed by atoms with Crippen molar-refractivity contribution in [2.75, 3.05) is 6.54 Å². The van der Waals surface area contributed by atoms with Gasteiger partial charge in [0.05, 0.1) is 17.7 Å². The maximum absolute atomic E-state index is 12.7. The molecule has 1 aromatic rings. The minimum absolute atomic E-state index is 0.0326. The first-order chi connectivity index (χ1) is 14.5. The number of β-lactam (4-membered cyclic amide) rings is 1. The van der Waals surface area contributed by atoms with E-state index in [2.05, 4.69) is 5.32 Å². The zero-order valence-electron chi connectivity index (χ0n) is 16.1. The monoisotopic (exact) mass is 427 g/mol. The number of nitrogens with one attached hydrogen (secondary N) is 1. The number of thioether (sulfide) groups is 1. The summed E-state index contributed by atoms with van der Waals surface area (Å²) < 4.78 is 0. The van der Waals surface area contributed by atoms with Crippen LogP contribution in [0.3, 0.4) is 0 Å². The molecule has 4 atom stereocenters. The molecule has 0 unspecified atom stereocenters. The summed E-state index contributed by atoms with van der Waals surface area (Å²) in [6, 6.07) is 8.45. The van der Waals surface area contributed by atoms with E-state index in [0.717, 1.165) is 17.6 Å². The summed E-state index contributed by atoms with van der Waals surface area (Å²) in [5, 5.41) is 11.9. The number of fused-ring (bicyclic) bond motifs is 2. The average molecular weight is 427 g/mol. The number of carbonyl (C=O) groups is 4. The molecular weight excluding hydrogens is 406 g/mol. The van der Waals surface area contributed by atoms with Gasteiger partial charge in [-0.15, -0.1) is 11.8 Å². The maximum Gasteiger partial charge on any atom is 0.352 e. The lowest BCUT2D eigenvalue weighted by atomic mass is 9.81. The van der Waals surface area contributed by atoms with Crippen molar-refractivity contribution in [3.8, 4) is 0 Å². The minimum atomic E-state index is -1.13. The summed E-state index contributed by atoms with van der Waals surface area (Å²) in [5.74, 6) is -1.69. The summed E-state index contributed by atoms with van der Waals surface area (Å²) >= 11 is 1.48. The number of hydrogen-bond acceptors (Lipinski definition) is 5. The third-order valence-corrected chi connectivity index (χ3v) is 7.89. The van der Waals surface area contributed by atoms with Crippen molar-refractivity contribution in [2.45, 2.75) is 48.4 Å². The Hall–Kier alpha value is -2.81. The van der Waals surface area contributed by atoms with Crippen LogP contribution in [0, 0.1) is 0 Å². The van der Waals surface area contributed by atoms with Crippen LogP contribution in [0.1, 0.15) is 24.8 Å². The van der Waals surface area contributed by atoms with Crippen molar-refractivity contribution in [1.29, 1.82) is 0 Å². The number of hydrogen-bond donors (Lipinski definition) is 2. The van der Waals surface area contributed by atoms with E-state index in [4.69, 9.17) is 0 Å². The zero-order chi connectivity index (χ0) is 21.0. The van der Waals surface area contributed by atoms with Gasteiger partial charge in [-0.25, -0.2) is 4.79 Å². The van der Waals surface area contributed by atoms with Crippen molar-refractivity contribution in [3.63, 3.8) is 0 Å². The average Bonchev–Trinajstić information content (AvgIpc) is 3.12. The SMILES string of the molecule is O=C(Cc1ccccc1)N[C@@H]1C(=O)N2C(C(=O)O)=C3C[C@H](N4CCCC4=O)[C@@H]3S[C@H]12. The highest BCUT2D eigenvalue weighted by Crippen LogP contribution is 2.53. The molecule has 1 aliphatic carbocycles. The Morgan fingerprint density at radius 1 is 1.20 bits per heavy atom. The van der Waals surface area contributed by atoms with Gasteiger partial charge >= 0.3 is 5.97 Å². The van der Waals surface area contributed by atoms with Crippen molar-refractivity contribution in [2.24, 2.45) is 0 Å². The van der Waals surface area contributed by atoms with Crippen LogP contribution in [0.2, 0.25) is 0 Å². The van der Waals surface area contributed by atoms with Gasteiger partial charge < -0.3 is 15.3 Å². The summed E-state index contributed by atoms with van der Waals surface area (Å²) in [6.45, 7) is 0.695. The van der Waals surface area contributed by atoms with E-state index in [1.54, 1.807) is 0 Å². The lowest BCUT2D eigenvalue weighted by Gasteiger charge is -2.57. The van der Waals surface area contributed by atoms with E-state index in [9.17, 15) is 24.3 Å². The molecule has 2 saturated heterocycles. The zero-order valence-corrected chi connectivity index (χ0v) is 16.9. The van der Waals surface area contributed by atoms with E-state index in [-0.39, 0.29) is 35.2 Å². The van der Waals surface area contributed by atoms with Gasteiger partial charge in [-0.3, -0.25) is 19.3 Å². The van der Waals surface area contributed by atoms with Gasteiger partial charge in [0.2, 0.25) is 11.8 Å². The summed E-state index contributed by atoms with van der Waals surface area (Å²) in [6.07, 6.45) is 2.00. The minimum Gasteiger partial charge on any atom is -0.477 e. The third kappa shape index (κ3) is 2.91. The Kier molecular flexibility index (Phi) is 4.57. The molecule has 5 rings (SSSR count). The summed E-state index contributed by atoms with van der Waals surface area (Å²) in [4.78, 5) is 52.4. The predicted molar refractivity (Wildman–Crippen MR) is 108 cm³/mol. The molecule has 0 aromatic heterocycles.